The standard InChI is InChI=1S/C20H31N3O2/c1-20(2,16-8-5-4-6-9-16)15-22-19(21-3)23-11-13-25-18(14-23)17-10-7-12-24-17/h4-6,8-9,17-18H,7,10-15H2,1-3H3,(H,21,22). The van der Waals surface area contributed by atoms with Crippen molar-refractivity contribution < 1.29 is 9.47 Å². The molecule has 2 heterocycles. The predicted molar refractivity (Wildman–Crippen MR) is 101 cm³/mol. The number of nitrogens with one attached hydrogen (secondary N) is 1. The summed E-state index contributed by atoms with van der Waals surface area (Å²) in [5, 5.41) is 3.57. The minimum atomic E-state index is 0.0391. The summed E-state index contributed by atoms with van der Waals surface area (Å²) >= 11 is 0. The molecule has 3 rings (SSSR count). The highest BCUT2D eigenvalue weighted by Crippen LogP contribution is 2.23. The van der Waals surface area contributed by atoms with Crippen LogP contribution in [0.3, 0.4) is 0 Å². The number of hydrogen-bond donors (Lipinski definition) is 1. The molecular formula is C20H31N3O2. The topological polar surface area (TPSA) is 46.1 Å². The monoisotopic (exact) mass is 345 g/mol. The molecule has 2 unspecified atom stereocenters. The summed E-state index contributed by atoms with van der Waals surface area (Å²) in [6.45, 7) is 8.67. The summed E-state index contributed by atoms with van der Waals surface area (Å²) in [6.07, 6.45) is 2.63. The summed E-state index contributed by atoms with van der Waals surface area (Å²) < 4.78 is 11.8. The molecule has 1 aromatic carbocycles. The minimum absolute atomic E-state index is 0.0391. The molecule has 5 nitrogen and oxygen atoms in total. The SMILES string of the molecule is CN=C(NCC(C)(C)c1ccccc1)N1CCOC(C2CCCO2)C1. The van der Waals surface area contributed by atoms with E-state index in [1.54, 1.807) is 0 Å². The fraction of sp³-hybridized carbons (Fsp3) is 0.650. The molecule has 5 heteroatoms. The van der Waals surface area contributed by atoms with Crippen molar-refractivity contribution in [3.63, 3.8) is 0 Å². The first-order valence-electron chi connectivity index (χ1n) is 9.34. The lowest BCUT2D eigenvalue weighted by atomic mass is 9.85. The lowest BCUT2D eigenvalue weighted by molar-refractivity contribution is -0.0817. The third kappa shape index (κ3) is 4.53. The molecule has 2 atom stereocenters. The Balaban J connectivity index is 1.58. The molecule has 2 aliphatic heterocycles. The van der Waals surface area contributed by atoms with Gasteiger partial charge in [0.25, 0.3) is 0 Å². The van der Waals surface area contributed by atoms with Crippen molar-refractivity contribution in [1.82, 2.24) is 10.2 Å². The highest BCUT2D eigenvalue weighted by molar-refractivity contribution is 5.80. The van der Waals surface area contributed by atoms with Crippen LogP contribution < -0.4 is 5.32 Å². The van der Waals surface area contributed by atoms with E-state index in [9.17, 15) is 0 Å². The van der Waals surface area contributed by atoms with Crippen LogP contribution in [0.4, 0.5) is 0 Å². The zero-order chi connectivity index (χ0) is 17.7. The summed E-state index contributed by atoms with van der Waals surface area (Å²) in [5.74, 6) is 0.954. The van der Waals surface area contributed by atoms with Crippen LogP contribution in [-0.2, 0) is 14.9 Å². The van der Waals surface area contributed by atoms with Crippen molar-refractivity contribution in [3.8, 4) is 0 Å². The van der Waals surface area contributed by atoms with Gasteiger partial charge in [0.1, 0.15) is 6.10 Å². The average Bonchev–Trinajstić information content (AvgIpc) is 3.18. The van der Waals surface area contributed by atoms with E-state index in [1.165, 1.54) is 5.56 Å². The molecule has 0 aromatic heterocycles. The second-order valence-corrected chi connectivity index (χ2v) is 7.56. The predicted octanol–water partition coefficient (Wildman–Crippen LogP) is 2.42. The molecule has 1 aromatic rings. The lowest BCUT2D eigenvalue weighted by Crippen LogP contribution is -2.54. The maximum Gasteiger partial charge on any atom is 0.193 e. The Hall–Kier alpha value is -1.59. The van der Waals surface area contributed by atoms with E-state index in [-0.39, 0.29) is 17.6 Å². The van der Waals surface area contributed by atoms with Gasteiger partial charge in [0.2, 0.25) is 0 Å². The van der Waals surface area contributed by atoms with Crippen molar-refractivity contribution in [2.45, 2.75) is 44.3 Å². The van der Waals surface area contributed by atoms with E-state index in [0.29, 0.717) is 0 Å². The van der Waals surface area contributed by atoms with Crippen LogP contribution in [0.1, 0.15) is 32.3 Å². The zero-order valence-corrected chi connectivity index (χ0v) is 15.7. The molecule has 1 N–H and O–H groups in total. The molecule has 2 saturated heterocycles. The maximum absolute atomic E-state index is 5.95. The van der Waals surface area contributed by atoms with Gasteiger partial charge in [-0.05, 0) is 18.4 Å². The molecule has 25 heavy (non-hydrogen) atoms. The van der Waals surface area contributed by atoms with Crippen LogP contribution in [0.5, 0.6) is 0 Å². The molecule has 2 aliphatic rings. The van der Waals surface area contributed by atoms with Crippen molar-refractivity contribution in [2.24, 2.45) is 4.99 Å². The summed E-state index contributed by atoms with van der Waals surface area (Å²) in [5.41, 5.74) is 1.37. The molecule has 0 amide bonds. The van der Waals surface area contributed by atoms with Crippen LogP contribution in [0.25, 0.3) is 0 Å². The third-order valence-corrected chi connectivity index (χ3v) is 5.23. The van der Waals surface area contributed by atoms with E-state index in [1.807, 2.05) is 7.05 Å². The van der Waals surface area contributed by atoms with Crippen LogP contribution in [-0.4, -0.2) is 63.0 Å². The average molecular weight is 345 g/mol. The number of aliphatic imine (C=N–C) groups is 1. The van der Waals surface area contributed by atoms with E-state index in [0.717, 1.165) is 51.6 Å². The highest BCUT2D eigenvalue weighted by atomic mass is 16.5. The molecule has 0 saturated carbocycles. The first kappa shape index (κ1) is 18.2. The summed E-state index contributed by atoms with van der Waals surface area (Å²) in [6, 6.07) is 10.6. The molecule has 0 aliphatic carbocycles. The van der Waals surface area contributed by atoms with Crippen molar-refractivity contribution in [2.75, 3.05) is 39.9 Å². The van der Waals surface area contributed by atoms with Gasteiger partial charge in [0.05, 0.1) is 12.7 Å². The van der Waals surface area contributed by atoms with Gasteiger partial charge in [-0.25, -0.2) is 0 Å². The lowest BCUT2D eigenvalue weighted by Gasteiger charge is -2.38. The second kappa shape index (κ2) is 8.19. The Bertz CT molecular complexity index is 568. The Morgan fingerprint density at radius 1 is 1.20 bits per heavy atom. The minimum Gasteiger partial charge on any atom is -0.375 e. The van der Waals surface area contributed by atoms with E-state index < -0.39 is 0 Å². The maximum atomic E-state index is 5.95. The number of rotatable bonds is 4. The third-order valence-electron chi connectivity index (χ3n) is 5.23. The summed E-state index contributed by atoms with van der Waals surface area (Å²) in [7, 11) is 1.86. The van der Waals surface area contributed by atoms with Crippen LogP contribution in [0, 0.1) is 0 Å². The molecule has 138 valence electrons. The molecule has 2 fully saturated rings. The van der Waals surface area contributed by atoms with Gasteiger partial charge in [-0.1, -0.05) is 44.2 Å². The second-order valence-electron chi connectivity index (χ2n) is 7.56. The number of ether oxygens (including phenoxy) is 2. The number of benzene rings is 1. The molecule has 0 spiro atoms. The van der Waals surface area contributed by atoms with Gasteiger partial charge in [-0.15, -0.1) is 0 Å². The number of hydrogen-bond acceptors (Lipinski definition) is 3. The van der Waals surface area contributed by atoms with Crippen molar-refractivity contribution in [3.05, 3.63) is 35.9 Å². The molecular weight excluding hydrogens is 314 g/mol. The Kier molecular flexibility index (Phi) is 5.97. The van der Waals surface area contributed by atoms with Gasteiger partial charge in [0.15, 0.2) is 5.96 Å². The first-order valence-corrected chi connectivity index (χ1v) is 9.34. The number of morpholine rings is 1. The zero-order valence-electron chi connectivity index (χ0n) is 15.7. The van der Waals surface area contributed by atoms with Crippen molar-refractivity contribution >= 4 is 5.96 Å². The van der Waals surface area contributed by atoms with Gasteiger partial charge in [0, 0.05) is 38.7 Å². The van der Waals surface area contributed by atoms with Gasteiger partial charge >= 0.3 is 0 Å². The van der Waals surface area contributed by atoms with Gasteiger partial charge in [-0.3, -0.25) is 4.99 Å². The van der Waals surface area contributed by atoms with Gasteiger partial charge < -0.3 is 19.7 Å². The van der Waals surface area contributed by atoms with Crippen LogP contribution in [0.15, 0.2) is 35.3 Å². The van der Waals surface area contributed by atoms with Gasteiger partial charge in [-0.2, -0.15) is 0 Å². The smallest absolute Gasteiger partial charge is 0.193 e. The highest BCUT2D eigenvalue weighted by Gasteiger charge is 2.32. The Morgan fingerprint density at radius 2 is 1.96 bits per heavy atom. The number of guanidine groups is 1. The van der Waals surface area contributed by atoms with E-state index >= 15 is 0 Å². The van der Waals surface area contributed by atoms with Crippen LogP contribution >= 0.6 is 0 Å². The quantitative estimate of drug-likeness (QED) is 0.672. The number of nitrogens with zero attached hydrogens (tertiary/aromatic N) is 2. The van der Waals surface area contributed by atoms with Crippen LogP contribution in [0.2, 0.25) is 0 Å². The largest absolute Gasteiger partial charge is 0.375 e. The molecule has 0 radical (unpaired) electrons. The van der Waals surface area contributed by atoms with E-state index in [2.05, 4.69) is 59.4 Å². The normalized spacial score (nSPS) is 25.2. The first-order chi connectivity index (χ1) is 12.1. The Morgan fingerprint density at radius 3 is 2.64 bits per heavy atom. The van der Waals surface area contributed by atoms with Crippen molar-refractivity contribution in [1.29, 1.82) is 0 Å². The molecule has 0 bridgehead atoms. The Labute approximate surface area is 151 Å². The fourth-order valence-corrected chi connectivity index (χ4v) is 3.61. The van der Waals surface area contributed by atoms with E-state index in [4.69, 9.17) is 9.47 Å². The summed E-state index contributed by atoms with van der Waals surface area (Å²) in [4.78, 5) is 6.81. The fourth-order valence-electron chi connectivity index (χ4n) is 3.61.